The van der Waals surface area contributed by atoms with Gasteiger partial charge in [-0.25, -0.2) is 4.57 Å². The van der Waals surface area contributed by atoms with Crippen molar-refractivity contribution in [3.8, 4) is 23.0 Å². The Morgan fingerprint density at radius 2 is 0.900 bits per heavy atom. The fourth-order valence-electron chi connectivity index (χ4n) is 6.20. The molecule has 258 valence electrons. The summed E-state index contributed by atoms with van der Waals surface area (Å²) in [5, 5.41) is 45.8. The topological polar surface area (TPSA) is 194 Å². The number of benzene rings is 4. The van der Waals surface area contributed by atoms with Crippen LogP contribution in [0.25, 0.3) is 12.2 Å². The third-order valence-electron chi connectivity index (χ3n) is 8.99. The molecule has 1 heterocycles. The van der Waals surface area contributed by atoms with Gasteiger partial charge in [-0.05, 0) is 69.8 Å². The number of phenols is 4. The van der Waals surface area contributed by atoms with E-state index >= 15 is 0 Å². The Morgan fingerprint density at radius 1 is 0.540 bits per heavy atom. The highest BCUT2D eigenvalue weighted by Crippen LogP contribution is 2.39. The molecule has 0 unspecified atom stereocenters. The molecule has 6 N–H and O–H groups in total. The summed E-state index contributed by atoms with van der Waals surface area (Å²) in [5.74, 6) is -1.12. The number of hydrogen-bond acceptors (Lipinski definition) is 8. The number of para-hydroxylation sites is 1. The maximum Gasteiger partial charge on any atom is 0.294 e. The molecule has 1 aliphatic rings. The molecule has 0 spiro atoms. The Bertz CT molecular complexity index is 2450. The first kappa shape index (κ1) is 34.6. The molecule has 13 heteroatoms. The van der Waals surface area contributed by atoms with Crippen LogP contribution in [-0.4, -0.2) is 46.4 Å². The van der Waals surface area contributed by atoms with Gasteiger partial charge in [0.05, 0.1) is 9.79 Å². The number of rotatable bonds is 4. The Balaban J connectivity index is 1.60. The van der Waals surface area contributed by atoms with Gasteiger partial charge in [0.2, 0.25) is 0 Å². The number of nitrogens with zero attached hydrogens (tertiary/aromatic N) is 1. The number of aryl methyl sites for hydroxylation is 2. The third-order valence-corrected chi connectivity index (χ3v) is 10.6. The first-order valence-electron chi connectivity index (χ1n) is 15.4. The molecule has 0 saturated heterocycles. The lowest BCUT2D eigenvalue weighted by molar-refractivity contribution is -0.677. The van der Waals surface area contributed by atoms with Crippen LogP contribution in [0.5, 0.6) is 23.0 Å². The van der Waals surface area contributed by atoms with E-state index in [0.29, 0.717) is 27.8 Å². The summed E-state index contributed by atoms with van der Waals surface area (Å²) in [5.41, 5.74) is 3.88. The average Bonchev–Trinajstić information content (AvgIpc) is 3.03. The minimum atomic E-state index is -4.83. The fraction of sp³-hybridized carbons (Fsp3) is 0.162. The summed E-state index contributed by atoms with van der Waals surface area (Å²) in [7, 11) is -7.69. The third kappa shape index (κ3) is 7.07. The van der Waals surface area contributed by atoms with Crippen molar-refractivity contribution in [2.75, 3.05) is 0 Å². The van der Waals surface area contributed by atoms with Crippen LogP contribution < -0.4 is 4.57 Å². The summed E-state index contributed by atoms with van der Waals surface area (Å²) in [6, 6.07) is 16.4. The van der Waals surface area contributed by atoms with Crippen LogP contribution >= 0.6 is 0 Å². The van der Waals surface area contributed by atoms with Crippen LogP contribution in [-0.2, 0) is 53.0 Å². The zero-order valence-corrected chi connectivity index (χ0v) is 28.6. The van der Waals surface area contributed by atoms with Crippen LogP contribution in [0.4, 0.5) is 0 Å². The van der Waals surface area contributed by atoms with Crippen molar-refractivity contribution >= 4 is 32.4 Å². The summed E-state index contributed by atoms with van der Waals surface area (Å²) >= 11 is 0. The van der Waals surface area contributed by atoms with E-state index in [1.165, 1.54) is 0 Å². The predicted molar refractivity (Wildman–Crippen MR) is 185 cm³/mol. The maximum atomic E-state index is 12.4. The molecule has 4 aromatic carbocycles. The SMILES string of the molecule is Cc1cc(/C=C/c2cc3c(O)c(c2)Cc2cc(S(=O)(=O)O)cc(c2O)Cc2cc(S(=O)(=O)O)cc(c2O)Cc2cccc(c2O)C3)cc[n+]1C. The second kappa shape index (κ2) is 12.9. The average molecular weight is 717 g/mol. The van der Waals surface area contributed by atoms with Crippen molar-refractivity contribution in [2.24, 2.45) is 7.05 Å². The molecular weight excluding hydrogens is 683 g/mol. The summed E-state index contributed by atoms with van der Waals surface area (Å²) in [4.78, 5) is -1.14. The van der Waals surface area contributed by atoms with E-state index in [1.54, 1.807) is 30.3 Å². The van der Waals surface area contributed by atoms with E-state index in [2.05, 4.69) is 0 Å². The van der Waals surface area contributed by atoms with Gasteiger partial charge in [-0.15, -0.1) is 0 Å². The van der Waals surface area contributed by atoms with Gasteiger partial charge in [-0.3, -0.25) is 9.11 Å². The molecule has 0 atom stereocenters. The molecule has 0 radical (unpaired) electrons. The van der Waals surface area contributed by atoms with Crippen molar-refractivity contribution in [1.29, 1.82) is 0 Å². The number of pyridine rings is 1. The Morgan fingerprint density at radius 3 is 1.30 bits per heavy atom. The van der Waals surface area contributed by atoms with Crippen LogP contribution in [0.2, 0.25) is 0 Å². The zero-order chi connectivity index (χ0) is 36.1. The minimum Gasteiger partial charge on any atom is -0.507 e. The number of phenolic OH excluding ortho intramolecular Hbond substituents is 4. The van der Waals surface area contributed by atoms with Crippen molar-refractivity contribution in [3.63, 3.8) is 0 Å². The highest BCUT2D eigenvalue weighted by molar-refractivity contribution is 7.86. The van der Waals surface area contributed by atoms with Crippen LogP contribution in [0.15, 0.2) is 82.7 Å². The van der Waals surface area contributed by atoms with Gasteiger partial charge < -0.3 is 20.4 Å². The quantitative estimate of drug-likeness (QED) is 0.107. The van der Waals surface area contributed by atoms with E-state index in [-0.39, 0.29) is 53.0 Å². The fourth-order valence-corrected chi connectivity index (χ4v) is 7.36. The van der Waals surface area contributed by atoms with Crippen molar-refractivity contribution < 1.29 is 50.9 Å². The van der Waals surface area contributed by atoms with Crippen molar-refractivity contribution in [3.05, 3.63) is 134 Å². The lowest BCUT2D eigenvalue weighted by Crippen LogP contribution is -2.30. The normalized spacial score (nSPS) is 13.4. The number of aromatic nitrogens is 1. The Hall–Kier alpha value is -5.21. The van der Waals surface area contributed by atoms with Gasteiger partial charge in [-0.2, -0.15) is 16.8 Å². The number of fused-ring (bicyclic) bond motifs is 8. The number of hydrogen-bond donors (Lipinski definition) is 6. The van der Waals surface area contributed by atoms with Crippen LogP contribution in [0, 0.1) is 6.92 Å². The standard InChI is InChI=1S/C37H33NO10S2/c1-21-10-22(8-9-38(21)2)6-7-23-11-26-13-24-4-3-5-25(34(24)39)14-28-17-32(49(43,44)45)19-30(36(28)41)16-31-20-33(50(46,47)48)18-29(37(31)42)15-27(12-23)35(26)40/h3-12,17-20H,13-16H2,1-2H3,(H5,39,41,42,43,44,45,46,47,48)/p+1. The molecule has 0 aliphatic heterocycles. The lowest BCUT2D eigenvalue weighted by Gasteiger charge is -2.18. The van der Waals surface area contributed by atoms with Crippen LogP contribution in [0.3, 0.4) is 0 Å². The molecule has 6 rings (SSSR count). The minimum absolute atomic E-state index is 0.00581. The van der Waals surface area contributed by atoms with Crippen LogP contribution in [0.1, 0.15) is 61.3 Å². The summed E-state index contributed by atoms with van der Waals surface area (Å²) < 4.78 is 71.2. The van der Waals surface area contributed by atoms with Gasteiger partial charge in [0.15, 0.2) is 11.9 Å². The first-order valence-corrected chi connectivity index (χ1v) is 18.3. The molecule has 0 saturated carbocycles. The highest BCUT2D eigenvalue weighted by Gasteiger charge is 2.24. The van der Waals surface area contributed by atoms with Gasteiger partial charge in [-0.1, -0.05) is 30.4 Å². The van der Waals surface area contributed by atoms with E-state index in [1.807, 2.05) is 49.0 Å². The molecular formula is C37H34NO10S2+. The monoisotopic (exact) mass is 716 g/mol. The smallest absolute Gasteiger partial charge is 0.294 e. The van der Waals surface area contributed by atoms with E-state index in [4.69, 9.17) is 0 Å². The molecule has 11 nitrogen and oxygen atoms in total. The van der Waals surface area contributed by atoms with Gasteiger partial charge in [0.25, 0.3) is 20.2 Å². The number of aromatic hydroxyl groups is 4. The van der Waals surface area contributed by atoms with E-state index < -0.39 is 47.9 Å². The first-order chi connectivity index (χ1) is 23.5. The molecule has 5 aromatic rings. The van der Waals surface area contributed by atoms with Gasteiger partial charge in [0, 0.05) is 67.0 Å². The second-order valence-corrected chi connectivity index (χ2v) is 15.3. The van der Waals surface area contributed by atoms with E-state index in [9.17, 15) is 46.4 Å². The Kier molecular flexibility index (Phi) is 8.95. The van der Waals surface area contributed by atoms with Gasteiger partial charge >= 0.3 is 0 Å². The molecule has 0 fully saturated rings. The lowest BCUT2D eigenvalue weighted by atomic mass is 9.90. The molecule has 1 aliphatic carbocycles. The van der Waals surface area contributed by atoms with Crippen molar-refractivity contribution in [1.82, 2.24) is 0 Å². The molecule has 50 heavy (non-hydrogen) atoms. The summed E-state index contributed by atoms with van der Waals surface area (Å²) in [6.07, 6.45) is 4.88. The largest absolute Gasteiger partial charge is 0.507 e. The summed E-state index contributed by atoms with van der Waals surface area (Å²) in [6.45, 7) is 1.97. The van der Waals surface area contributed by atoms with E-state index in [0.717, 1.165) is 35.5 Å². The maximum absolute atomic E-state index is 12.4. The molecule has 1 aromatic heterocycles. The van der Waals surface area contributed by atoms with Crippen molar-refractivity contribution in [2.45, 2.75) is 42.4 Å². The van der Waals surface area contributed by atoms with Gasteiger partial charge in [0.1, 0.15) is 30.0 Å². The predicted octanol–water partition coefficient (Wildman–Crippen LogP) is 4.98. The molecule has 0 amide bonds. The zero-order valence-electron chi connectivity index (χ0n) is 27.0. The molecule has 8 bridgehead atoms. The highest BCUT2D eigenvalue weighted by atomic mass is 32.2. The second-order valence-electron chi connectivity index (χ2n) is 12.5. The Labute approximate surface area is 289 Å².